The van der Waals surface area contributed by atoms with Crippen molar-refractivity contribution in [1.82, 2.24) is 20.1 Å². The highest BCUT2D eigenvalue weighted by Crippen LogP contribution is 2.27. The summed E-state index contributed by atoms with van der Waals surface area (Å²) in [4.78, 5) is 33.0. The number of hydrogen-bond acceptors (Lipinski definition) is 4. The summed E-state index contributed by atoms with van der Waals surface area (Å²) >= 11 is 0. The van der Waals surface area contributed by atoms with E-state index in [1.54, 1.807) is 12.0 Å². The highest BCUT2D eigenvalue weighted by Gasteiger charge is 2.29. The first-order valence-corrected chi connectivity index (χ1v) is 9.53. The van der Waals surface area contributed by atoms with E-state index in [4.69, 9.17) is 4.74 Å². The number of aromatic nitrogens is 1. The molecule has 2 aliphatic rings. The van der Waals surface area contributed by atoms with Crippen LogP contribution in [0.15, 0.2) is 6.07 Å². The van der Waals surface area contributed by atoms with Crippen molar-refractivity contribution in [3.8, 4) is 5.88 Å². The number of methoxy groups -OCH3 is 1. The second-order valence-corrected chi connectivity index (χ2v) is 6.88. The summed E-state index contributed by atoms with van der Waals surface area (Å²) in [6.45, 7) is 5.02. The van der Waals surface area contributed by atoms with Crippen molar-refractivity contribution >= 4 is 11.9 Å². The van der Waals surface area contributed by atoms with E-state index in [0.29, 0.717) is 31.1 Å². The molecule has 1 saturated heterocycles. The molecule has 0 spiro atoms. The van der Waals surface area contributed by atoms with Crippen LogP contribution in [0, 0.1) is 0 Å². The number of pyridine rings is 1. The van der Waals surface area contributed by atoms with Crippen LogP contribution in [0.3, 0.4) is 0 Å². The Kier molecular flexibility index (Phi) is 5.96. The number of fused-ring (bicyclic) bond motifs is 1. The fourth-order valence-corrected chi connectivity index (χ4v) is 3.59. The molecule has 0 radical (unpaired) electrons. The zero-order valence-electron chi connectivity index (χ0n) is 15.7. The summed E-state index contributed by atoms with van der Waals surface area (Å²) in [5.74, 6) is 0.469. The van der Waals surface area contributed by atoms with E-state index in [2.05, 4.69) is 10.3 Å². The number of amides is 3. The first-order valence-electron chi connectivity index (χ1n) is 9.53. The Labute approximate surface area is 154 Å². The van der Waals surface area contributed by atoms with Gasteiger partial charge in [-0.15, -0.1) is 0 Å². The monoisotopic (exact) mass is 360 g/mol. The van der Waals surface area contributed by atoms with Gasteiger partial charge in [0.1, 0.15) is 0 Å². The van der Waals surface area contributed by atoms with Crippen molar-refractivity contribution in [2.45, 2.75) is 52.1 Å². The molecule has 1 N–H and O–H groups in total. The summed E-state index contributed by atoms with van der Waals surface area (Å²) in [5, 5.41) is 2.96. The van der Waals surface area contributed by atoms with Crippen LogP contribution in [-0.2, 0) is 13.1 Å². The molecule has 0 atom stereocenters. The standard InChI is InChI=1S/C19H28N4O3/c1-3-22-13-16-15(18(22)24)11-14(17(21-16)26-2)12-20-19(25)23-9-7-5-4-6-8-10-23/h11H,3-10,12-13H2,1-2H3,(H,20,25). The van der Waals surface area contributed by atoms with Crippen LogP contribution in [0.1, 0.15) is 60.6 Å². The Hall–Kier alpha value is -2.31. The lowest BCUT2D eigenvalue weighted by Crippen LogP contribution is -2.41. The molecule has 1 fully saturated rings. The highest BCUT2D eigenvalue weighted by molar-refractivity contribution is 5.98. The van der Waals surface area contributed by atoms with Gasteiger partial charge in [-0.25, -0.2) is 9.78 Å². The number of ether oxygens (including phenoxy) is 1. The van der Waals surface area contributed by atoms with Crippen LogP contribution in [0.2, 0.25) is 0 Å². The third kappa shape index (κ3) is 3.92. The minimum Gasteiger partial charge on any atom is -0.481 e. The largest absolute Gasteiger partial charge is 0.481 e. The summed E-state index contributed by atoms with van der Waals surface area (Å²) in [6.07, 6.45) is 5.73. The van der Waals surface area contributed by atoms with E-state index in [0.717, 1.165) is 37.2 Å². The Balaban J connectivity index is 1.68. The number of rotatable bonds is 4. The van der Waals surface area contributed by atoms with Gasteiger partial charge in [0.15, 0.2) is 0 Å². The molecule has 1 aromatic heterocycles. The summed E-state index contributed by atoms with van der Waals surface area (Å²) in [7, 11) is 1.56. The predicted molar refractivity (Wildman–Crippen MR) is 98.1 cm³/mol. The average molecular weight is 360 g/mol. The van der Waals surface area contributed by atoms with Crippen LogP contribution in [0.4, 0.5) is 4.79 Å². The molecule has 26 heavy (non-hydrogen) atoms. The third-order valence-electron chi connectivity index (χ3n) is 5.15. The van der Waals surface area contributed by atoms with Crippen molar-refractivity contribution in [2.24, 2.45) is 0 Å². The number of nitrogens with one attached hydrogen (secondary N) is 1. The van der Waals surface area contributed by atoms with Gasteiger partial charge in [0.2, 0.25) is 5.88 Å². The highest BCUT2D eigenvalue weighted by atomic mass is 16.5. The molecule has 3 amide bonds. The molecule has 1 aromatic rings. The lowest BCUT2D eigenvalue weighted by molar-refractivity contribution is 0.0786. The van der Waals surface area contributed by atoms with Crippen LogP contribution < -0.4 is 10.1 Å². The van der Waals surface area contributed by atoms with Gasteiger partial charge in [0.25, 0.3) is 5.91 Å². The van der Waals surface area contributed by atoms with Gasteiger partial charge < -0.3 is 19.9 Å². The summed E-state index contributed by atoms with van der Waals surface area (Å²) < 4.78 is 5.38. The maximum atomic E-state index is 12.5. The van der Waals surface area contributed by atoms with Gasteiger partial charge >= 0.3 is 6.03 Å². The Bertz CT molecular complexity index is 669. The lowest BCUT2D eigenvalue weighted by Gasteiger charge is -2.25. The van der Waals surface area contributed by atoms with Gasteiger partial charge in [-0.3, -0.25) is 4.79 Å². The van der Waals surface area contributed by atoms with Crippen LogP contribution in [0.25, 0.3) is 0 Å². The Morgan fingerprint density at radius 2 is 1.92 bits per heavy atom. The maximum Gasteiger partial charge on any atom is 0.317 e. The van der Waals surface area contributed by atoms with Crippen LogP contribution in [0.5, 0.6) is 5.88 Å². The Morgan fingerprint density at radius 3 is 2.58 bits per heavy atom. The van der Waals surface area contributed by atoms with Crippen molar-refractivity contribution in [3.63, 3.8) is 0 Å². The molecular formula is C19H28N4O3. The molecule has 2 aliphatic heterocycles. The quantitative estimate of drug-likeness (QED) is 0.895. The van der Waals surface area contributed by atoms with E-state index < -0.39 is 0 Å². The molecule has 0 unspecified atom stereocenters. The topological polar surface area (TPSA) is 74.8 Å². The van der Waals surface area contributed by atoms with Gasteiger partial charge in [-0.1, -0.05) is 19.3 Å². The third-order valence-corrected chi connectivity index (χ3v) is 5.15. The van der Waals surface area contributed by atoms with E-state index in [-0.39, 0.29) is 11.9 Å². The van der Waals surface area contributed by atoms with Gasteiger partial charge in [0, 0.05) is 31.7 Å². The zero-order valence-corrected chi connectivity index (χ0v) is 15.7. The van der Waals surface area contributed by atoms with Crippen molar-refractivity contribution in [2.75, 3.05) is 26.7 Å². The van der Waals surface area contributed by atoms with Crippen molar-refractivity contribution in [1.29, 1.82) is 0 Å². The van der Waals surface area contributed by atoms with E-state index >= 15 is 0 Å². The van der Waals surface area contributed by atoms with Gasteiger partial charge in [0.05, 0.1) is 24.9 Å². The lowest BCUT2D eigenvalue weighted by atomic mass is 10.1. The van der Waals surface area contributed by atoms with Crippen LogP contribution in [-0.4, -0.2) is 53.5 Å². The molecule has 0 aliphatic carbocycles. The second kappa shape index (κ2) is 8.38. The molecule has 3 rings (SSSR count). The molecular weight excluding hydrogens is 332 g/mol. The SMILES string of the molecule is CCN1Cc2nc(OC)c(CNC(=O)N3CCCCCCC3)cc2C1=O. The number of nitrogens with zero attached hydrogens (tertiary/aromatic N) is 3. The molecule has 0 bridgehead atoms. The number of carbonyl (C=O) groups excluding carboxylic acids is 2. The fraction of sp³-hybridized carbons (Fsp3) is 0.632. The molecule has 3 heterocycles. The smallest absolute Gasteiger partial charge is 0.317 e. The van der Waals surface area contributed by atoms with E-state index in [9.17, 15) is 9.59 Å². The average Bonchev–Trinajstić information content (AvgIpc) is 2.93. The second-order valence-electron chi connectivity index (χ2n) is 6.88. The fourth-order valence-electron chi connectivity index (χ4n) is 3.59. The number of hydrogen-bond donors (Lipinski definition) is 1. The summed E-state index contributed by atoms with van der Waals surface area (Å²) in [6, 6.07) is 1.75. The van der Waals surface area contributed by atoms with E-state index in [1.165, 1.54) is 19.3 Å². The zero-order chi connectivity index (χ0) is 18.5. The minimum atomic E-state index is -0.0593. The molecule has 0 aromatic carbocycles. The molecule has 7 nitrogen and oxygen atoms in total. The molecule has 7 heteroatoms. The van der Waals surface area contributed by atoms with Crippen molar-refractivity contribution < 1.29 is 14.3 Å². The predicted octanol–water partition coefficient (Wildman–Crippen LogP) is 2.54. The normalized spacial score (nSPS) is 17.5. The first kappa shape index (κ1) is 18.5. The first-order chi connectivity index (χ1) is 12.6. The number of likely N-dealkylation sites (tertiary alicyclic amines) is 1. The van der Waals surface area contributed by atoms with Crippen molar-refractivity contribution in [3.05, 3.63) is 22.9 Å². The van der Waals surface area contributed by atoms with Crippen LogP contribution >= 0.6 is 0 Å². The van der Waals surface area contributed by atoms with Gasteiger partial charge in [-0.2, -0.15) is 0 Å². The molecule has 142 valence electrons. The van der Waals surface area contributed by atoms with Gasteiger partial charge in [-0.05, 0) is 25.8 Å². The Morgan fingerprint density at radius 1 is 1.23 bits per heavy atom. The maximum absolute atomic E-state index is 12.5. The van der Waals surface area contributed by atoms with E-state index in [1.807, 2.05) is 17.9 Å². The molecule has 0 saturated carbocycles. The summed E-state index contributed by atoms with van der Waals surface area (Å²) in [5.41, 5.74) is 2.09. The number of urea groups is 1. The number of carbonyl (C=O) groups is 2. The minimum absolute atomic E-state index is 0.00556.